The van der Waals surface area contributed by atoms with Crippen LogP contribution < -0.4 is 10.1 Å². The third kappa shape index (κ3) is 3.48. The summed E-state index contributed by atoms with van der Waals surface area (Å²) in [5, 5.41) is 3.20. The molecule has 0 saturated carbocycles. The molecule has 2 aromatic rings. The smallest absolute Gasteiger partial charge is 0.165 e. The highest BCUT2D eigenvalue weighted by Gasteiger charge is 2.02. The predicted octanol–water partition coefficient (Wildman–Crippen LogP) is 3.63. The van der Waals surface area contributed by atoms with Crippen LogP contribution in [0.5, 0.6) is 5.75 Å². The van der Waals surface area contributed by atoms with Gasteiger partial charge in [0.15, 0.2) is 11.6 Å². The van der Waals surface area contributed by atoms with Crippen LogP contribution in [0.25, 0.3) is 0 Å². The molecule has 0 fully saturated rings. The first-order valence-corrected chi connectivity index (χ1v) is 5.93. The highest BCUT2D eigenvalue weighted by atomic mass is 19.1. The Morgan fingerprint density at radius 2 is 1.89 bits per heavy atom. The number of benzene rings is 2. The van der Waals surface area contributed by atoms with Crippen molar-refractivity contribution < 1.29 is 9.13 Å². The molecule has 0 bridgehead atoms. The van der Waals surface area contributed by atoms with Gasteiger partial charge in [0, 0.05) is 12.2 Å². The van der Waals surface area contributed by atoms with Crippen molar-refractivity contribution in [1.29, 1.82) is 0 Å². The van der Waals surface area contributed by atoms with Gasteiger partial charge < -0.3 is 10.1 Å². The van der Waals surface area contributed by atoms with Crippen LogP contribution in [0.15, 0.2) is 48.5 Å². The molecule has 0 unspecified atom stereocenters. The Balaban J connectivity index is 1.80. The van der Waals surface area contributed by atoms with Gasteiger partial charge in [0.05, 0.1) is 0 Å². The minimum absolute atomic E-state index is 0.310. The van der Waals surface area contributed by atoms with Crippen LogP contribution in [0.4, 0.5) is 10.1 Å². The molecule has 0 atom stereocenters. The Bertz CT molecular complexity index is 499. The molecule has 2 nitrogen and oxygen atoms in total. The molecule has 1 N–H and O–H groups in total. The summed E-state index contributed by atoms with van der Waals surface area (Å²) in [5.74, 6) is -0.00910. The molecule has 0 aliphatic carbocycles. The Hall–Kier alpha value is -2.03. The third-order valence-electron chi connectivity index (χ3n) is 2.55. The highest BCUT2D eigenvalue weighted by Crippen LogP contribution is 2.18. The summed E-state index contributed by atoms with van der Waals surface area (Å²) in [6.45, 7) is 2.97. The quantitative estimate of drug-likeness (QED) is 0.812. The summed E-state index contributed by atoms with van der Waals surface area (Å²) in [4.78, 5) is 0. The summed E-state index contributed by atoms with van der Waals surface area (Å²) in [6, 6.07) is 14.7. The number of ether oxygens (including phenoxy) is 1. The fourth-order valence-corrected chi connectivity index (χ4v) is 1.63. The number of halogens is 1. The number of nitrogens with one attached hydrogen (secondary N) is 1. The zero-order valence-corrected chi connectivity index (χ0v) is 10.3. The van der Waals surface area contributed by atoms with Gasteiger partial charge in [-0.1, -0.05) is 24.3 Å². The average Bonchev–Trinajstić information content (AvgIpc) is 2.40. The number of hydrogen-bond donors (Lipinski definition) is 1. The number of para-hydroxylation sites is 1. The predicted molar refractivity (Wildman–Crippen MR) is 71.6 cm³/mol. The Kier molecular flexibility index (Phi) is 4.18. The van der Waals surface area contributed by atoms with Gasteiger partial charge >= 0.3 is 0 Å². The lowest BCUT2D eigenvalue weighted by Gasteiger charge is -2.09. The summed E-state index contributed by atoms with van der Waals surface area (Å²) in [6.07, 6.45) is 0. The van der Waals surface area contributed by atoms with E-state index in [2.05, 4.69) is 5.32 Å². The fourth-order valence-electron chi connectivity index (χ4n) is 1.63. The van der Waals surface area contributed by atoms with Crippen LogP contribution in [0.3, 0.4) is 0 Å². The Morgan fingerprint density at radius 3 is 2.67 bits per heavy atom. The average molecular weight is 245 g/mol. The van der Waals surface area contributed by atoms with Crippen molar-refractivity contribution >= 4 is 5.69 Å². The lowest BCUT2D eigenvalue weighted by molar-refractivity contribution is 0.315. The van der Waals surface area contributed by atoms with Gasteiger partial charge in [-0.3, -0.25) is 0 Å². The summed E-state index contributed by atoms with van der Waals surface area (Å²) < 4.78 is 18.8. The van der Waals surface area contributed by atoms with Crippen LogP contribution in [0, 0.1) is 12.7 Å². The number of hydrogen-bond acceptors (Lipinski definition) is 2. The molecule has 18 heavy (non-hydrogen) atoms. The van der Waals surface area contributed by atoms with Crippen molar-refractivity contribution in [1.82, 2.24) is 0 Å². The molecule has 94 valence electrons. The molecule has 0 aliphatic heterocycles. The molecule has 0 amide bonds. The van der Waals surface area contributed by atoms with E-state index in [4.69, 9.17) is 4.74 Å². The van der Waals surface area contributed by atoms with Gasteiger partial charge in [-0.25, -0.2) is 4.39 Å². The lowest BCUT2D eigenvalue weighted by Crippen LogP contribution is -2.12. The maximum absolute atomic E-state index is 13.4. The number of anilines is 1. The van der Waals surface area contributed by atoms with Gasteiger partial charge in [0.25, 0.3) is 0 Å². The molecular formula is C15H16FNO. The van der Waals surface area contributed by atoms with E-state index in [0.717, 1.165) is 11.3 Å². The Morgan fingerprint density at radius 1 is 1.11 bits per heavy atom. The van der Waals surface area contributed by atoms with Gasteiger partial charge in [-0.2, -0.15) is 0 Å². The minimum Gasteiger partial charge on any atom is -0.489 e. The van der Waals surface area contributed by atoms with Crippen molar-refractivity contribution in [3.05, 3.63) is 59.9 Å². The van der Waals surface area contributed by atoms with E-state index in [-0.39, 0.29) is 5.82 Å². The molecule has 3 heteroatoms. The van der Waals surface area contributed by atoms with Crippen molar-refractivity contribution in [2.75, 3.05) is 18.5 Å². The van der Waals surface area contributed by atoms with Crippen molar-refractivity contribution in [2.24, 2.45) is 0 Å². The van der Waals surface area contributed by atoms with E-state index in [0.29, 0.717) is 18.9 Å². The van der Waals surface area contributed by atoms with Crippen LogP contribution >= 0.6 is 0 Å². The summed E-state index contributed by atoms with van der Waals surface area (Å²) >= 11 is 0. The molecule has 2 rings (SSSR count). The molecule has 2 aromatic carbocycles. The van der Waals surface area contributed by atoms with Gasteiger partial charge in [0.2, 0.25) is 0 Å². The first-order chi connectivity index (χ1) is 8.75. The van der Waals surface area contributed by atoms with Crippen LogP contribution in [-0.4, -0.2) is 13.2 Å². The Labute approximate surface area is 106 Å². The number of rotatable bonds is 5. The molecular weight excluding hydrogens is 229 g/mol. The van der Waals surface area contributed by atoms with E-state index in [1.54, 1.807) is 12.1 Å². The van der Waals surface area contributed by atoms with E-state index in [9.17, 15) is 4.39 Å². The van der Waals surface area contributed by atoms with E-state index in [1.807, 2.05) is 37.3 Å². The van der Waals surface area contributed by atoms with Crippen LogP contribution in [0.1, 0.15) is 5.56 Å². The first kappa shape index (κ1) is 12.4. The molecule has 0 radical (unpaired) electrons. The summed E-state index contributed by atoms with van der Waals surface area (Å²) in [7, 11) is 0. The second-order valence-corrected chi connectivity index (χ2v) is 4.08. The van der Waals surface area contributed by atoms with Crippen molar-refractivity contribution in [3.8, 4) is 5.75 Å². The topological polar surface area (TPSA) is 21.3 Å². The van der Waals surface area contributed by atoms with E-state index in [1.165, 1.54) is 6.07 Å². The van der Waals surface area contributed by atoms with E-state index < -0.39 is 0 Å². The maximum atomic E-state index is 13.4. The molecule has 0 heterocycles. The highest BCUT2D eigenvalue weighted by molar-refractivity contribution is 5.42. The second kappa shape index (κ2) is 6.05. The van der Waals surface area contributed by atoms with Gasteiger partial charge in [0.1, 0.15) is 6.61 Å². The first-order valence-electron chi connectivity index (χ1n) is 5.93. The number of aryl methyl sites for hydroxylation is 1. The molecule has 0 saturated heterocycles. The molecule has 0 aliphatic rings. The lowest BCUT2D eigenvalue weighted by atomic mass is 10.2. The second-order valence-electron chi connectivity index (χ2n) is 4.08. The van der Waals surface area contributed by atoms with Crippen molar-refractivity contribution in [2.45, 2.75) is 6.92 Å². The normalized spacial score (nSPS) is 10.1. The molecule has 0 spiro atoms. The summed E-state index contributed by atoms with van der Waals surface area (Å²) in [5.41, 5.74) is 2.02. The largest absolute Gasteiger partial charge is 0.489 e. The molecule has 0 aromatic heterocycles. The zero-order chi connectivity index (χ0) is 12.8. The van der Waals surface area contributed by atoms with Crippen LogP contribution in [-0.2, 0) is 0 Å². The van der Waals surface area contributed by atoms with Crippen molar-refractivity contribution in [3.63, 3.8) is 0 Å². The van der Waals surface area contributed by atoms with Gasteiger partial charge in [-0.05, 0) is 36.8 Å². The van der Waals surface area contributed by atoms with Crippen LogP contribution in [0.2, 0.25) is 0 Å². The van der Waals surface area contributed by atoms with Gasteiger partial charge in [-0.15, -0.1) is 0 Å². The third-order valence-corrected chi connectivity index (χ3v) is 2.55. The maximum Gasteiger partial charge on any atom is 0.165 e. The zero-order valence-electron chi connectivity index (χ0n) is 10.3. The standard InChI is InChI=1S/C15H16FNO/c1-12-7-8-14(16)15(11-12)18-10-9-17-13-5-3-2-4-6-13/h2-8,11,17H,9-10H2,1H3. The fraction of sp³-hybridized carbons (Fsp3) is 0.200. The minimum atomic E-state index is -0.319. The monoisotopic (exact) mass is 245 g/mol. The SMILES string of the molecule is Cc1ccc(F)c(OCCNc2ccccc2)c1. The van der Waals surface area contributed by atoms with E-state index >= 15 is 0 Å².